The minimum Gasteiger partial charge on any atom is -0.478 e. The number of ether oxygens (including phenoxy) is 1. The average molecular weight is 184 g/mol. The standard InChI is InChI=1S/C10H16O3/c1-3-9(10(11)12)8-4-5-13-7(2)6-8/h7H,3-6H2,1-2H3,(H,11,12)/b9-8+. The molecule has 13 heavy (non-hydrogen) atoms. The molecule has 0 aromatic rings. The van der Waals surface area contributed by atoms with Crippen LogP contribution in [0.25, 0.3) is 0 Å². The Morgan fingerprint density at radius 3 is 2.85 bits per heavy atom. The summed E-state index contributed by atoms with van der Waals surface area (Å²) in [6.07, 6.45) is 2.33. The number of carboxylic acids is 1. The molecule has 1 saturated heterocycles. The first-order chi connectivity index (χ1) is 6.15. The molecule has 1 heterocycles. The Kier molecular flexibility index (Phi) is 3.48. The number of carbonyl (C=O) groups is 1. The SMILES string of the molecule is CC/C(C(=O)O)=C1/CCOC(C)C1. The fourth-order valence-corrected chi connectivity index (χ4v) is 1.72. The van der Waals surface area contributed by atoms with Crippen molar-refractivity contribution >= 4 is 5.97 Å². The summed E-state index contributed by atoms with van der Waals surface area (Å²) in [7, 11) is 0. The molecule has 1 aliphatic heterocycles. The van der Waals surface area contributed by atoms with E-state index in [9.17, 15) is 4.79 Å². The summed E-state index contributed by atoms with van der Waals surface area (Å²) in [4.78, 5) is 10.8. The number of carboxylic acid groups (broad SMARTS) is 1. The first kappa shape index (κ1) is 10.3. The van der Waals surface area contributed by atoms with Crippen LogP contribution < -0.4 is 0 Å². The molecule has 0 radical (unpaired) electrons. The first-order valence-electron chi connectivity index (χ1n) is 4.71. The second kappa shape index (κ2) is 4.42. The molecule has 1 fully saturated rings. The van der Waals surface area contributed by atoms with Crippen molar-refractivity contribution < 1.29 is 14.6 Å². The highest BCUT2D eigenvalue weighted by atomic mass is 16.5. The van der Waals surface area contributed by atoms with Gasteiger partial charge in [-0.1, -0.05) is 12.5 Å². The zero-order valence-corrected chi connectivity index (χ0v) is 8.17. The lowest BCUT2D eigenvalue weighted by molar-refractivity contribution is -0.132. The third-order valence-electron chi connectivity index (χ3n) is 2.38. The zero-order valence-electron chi connectivity index (χ0n) is 8.17. The van der Waals surface area contributed by atoms with Gasteiger partial charge in [0.1, 0.15) is 0 Å². The lowest BCUT2D eigenvalue weighted by Crippen LogP contribution is -2.19. The Balaban J connectivity index is 2.80. The maximum absolute atomic E-state index is 10.8. The predicted molar refractivity (Wildman–Crippen MR) is 49.6 cm³/mol. The fourth-order valence-electron chi connectivity index (χ4n) is 1.72. The molecule has 0 aromatic heterocycles. The Morgan fingerprint density at radius 1 is 1.69 bits per heavy atom. The second-order valence-electron chi connectivity index (χ2n) is 3.38. The van der Waals surface area contributed by atoms with Gasteiger partial charge in [0.05, 0.1) is 12.7 Å². The van der Waals surface area contributed by atoms with E-state index in [1.165, 1.54) is 0 Å². The molecular weight excluding hydrogens is 168 g/mol. The van der Waals surface area contributed by atoms with Gasteiger partial charge >= 0.3 is 5.97 Å². The normalized spacial score (nSPS) is 27.1. The Labute approximate surface area is 78.4 Å². The van der Waals surface area contributed by atoms with E-state index in [1.54, 1.807) is 0 Å². The summed E-state index contributed by atoms with van der Waals surface area (Å²) in [6.45, 7) is 4.53. The van der Waals surface area contributed by atoms with Crippen LogP contribution in [0.15, 0.2) is 11.1 Å². The largest absolute Gasteiger partial charge is 0.478 e. The van der Waals surface area contributed by atoms with Gasteiger partial charge in [0.2, 0.25) is 0 Å². The van der Waals surface area contributed by atoms with E-state index in [0.717, 1.165) is 18.4 Å². The van der Waals surface area contributed by atoms with Crippen LogP contribution in [-0.4, -0.2) is 23.8 Å². The summed E-state index contributed by atoms with van der Waals surface area (Å²) >= 11 is 0. The van der Waals surface area contributed by atoms with Crippen LogP contribution in [0.1, 0.15) is 33.1 Å². The summed E-state index contributed by atoms with van der Waals surface area (Å²) in [5, 5.41) is 8.91. The molecule has 74 valence electrons. The van der Waals surface area contributed by atoms with Crippen LogP contribution in [0, 0.1) is 0 Å². The van der Waals surface area contributed by atoms with Crippen LogP contribution in [0.5, 0.6) is 0 Å². The van der Waals surface area contributed by atoms with Crippen molar-refractivity contribution in [2.24, 2.45) is 0 Å². The third-order valence-corrected chi connectivity index (χ3v) is 2.38. The van der Waals surface area contributed by atoms with Crippen molar-refractivity contribution in [2.75, 3.05) is 6.61 Å². The van der Waals surface area contributed by atoms with Gasteiger partial charge in [0, 0.05) is 5.57 Å². The van der Waals surface area contributed by atoms with E-state index in [-0.39, 0.29) is 6.10 Å². The molecule has 3 nitrogen and oxygen atoms in total. The van der Waals surface area contributed by atoms with E-state index in [1.807, 2.05) is 13.8 Å². The summed E-state index contributed by atoms with van der Waals surface area (Å²) < 4.78 is 5.36. The Morgan fingerprint density at radius 2 is 2.38 bits per heavy atom. The molecule has 1 unspecified atom stereocenters. The Bertz CT molecular complexity index is 230. The fraction of sp³-hybridized carbons (Fsp3) is 0.700. The molecule has 0 amide bonds. The number of hydrogen-bond donors (Lipinski definition) is 1. The van der Waals surface area contributed by atoms with Crippen LogP contribution in [0.4, 0.5) is 0 Å². The lowest BCUT2D eigenvalue weighted by Gasteiger charge is -2.23. The molecule has 0 saturated carbocycles. The van der Waals surface area contributed by atoms with Crippen LogP contribution >= 0.6 is 0 Å². The number of aliphatic carboxylic acids is 1. The highest BCUT2D eigenvalue weighted by molar-refractivity contribution is 5.87. The average Bonchev–Trinajstić information content (AvgIpc) is 2.04. The zero-order chi connectivity index (χ0) is 9.84. The molecule has 0 aliphatic carbocycles. The monoisotopic (exact) mass is 184 g/mol. The molecule has 0 aromatic carbocycles. The van der Waals surface area contributed by atoms with Gasteiger partial charge in [-0.05, 0) is 26.2 Å². The molecule has 1 N–H and O–H groups in total. The maximum atomic E-state index is 10.8. The van der Waals surface area contributed by atoms with Gasteiger partial charge in [0.25, 0.3) is 0 Å². The summed E-state index contributed by atoms with van der Waals surface area (Å²) in [6, 6.07) is 0. The maximum Gasteiger partial charge on any atom is 0.331 e. The van der Waals surface area contributed by atoms with Gasteiger partial charge < -0.3 is 9.84 Å². The topological polar surface area (TPSA) is 46.5 Å². The van der Waals surface area contributed by atoms with E-state index < -0.39 is 5.97 Å². The molecule has 0 spiro atoms. The first-order valence-corrected chi connectivity index (χ1v) is 4.71. The van der Waals surface area contributed by atoms with Crippen molar-refractivity contribution in [1.82, 2.24) is 0 Å². The van der Waals surface area contributed by atoms with Crippen molar-refractivity contribution in [1.29, 1.82) is 0 Å². The molecule has 1 atom stereocenters. The van der Waals surface area contributed by atoms with Crippen molar-refractivity contribution in [3.63, 3.8) is 0 Å². The number of hydrogen-bond acceptors (Lipinski definition) is 2. The third kappa shape index (κ3) is 2.56. The lowest BCUT2D eigenvalue weighted by atomic mass is 9.96. The molecular formula is C10H16O3. The number of rotatable bonds is 2. The second-order valence-corrected chi connectivity index (χ2v) is 3.38. The van der Waals surface area contributed by atoms with Crippen LogP contribution in [-0.2, 0) is 9.53 Å². The predicted octanol–water partition coefficient (Wildman–Crippen LogP) is 1.98. The van der Waals surface area contributed by atoms with Crippen molar-refractivity contribution in [3.8, 4) is 0 Å². The van der Waals surface area contributed by atoms with Gasteiger partial charge in [-0.25, -0.2) is 4.79 Å². The van der Waals surface area contributed by atoms with Gasteiger partial charge in [0.15, 0.2) is 0 Å². The molecule has 0 bridgehead atoms. The van der Waals surface area contributed by atoms with Gasteiger partial charge in [-0.2, -0.15) is 0 Å². The van der Waals surface area contributed by atoms with E-state index in [2.05, 4.69) is 0 Å². The van der Waals surface area contributed by atoms with E-state index in [0.29, 0.717) is 18.6 Å². The summed E-state index contributed by atoms with van der Waals surface area (Å²) in [5.41, 5.74) is 1.64. The molecule has 3 heteroatoms. The smallest absolute Gasteiger partial charge is 0.331 e. The molecule has 1 rings (SSSR count). The van der Waals surface area contributed by atoms with Crippen molar-refractivity contribution in [3.05, 3.63) is 11.1 Å². The van der Waals surface area contributed by atoms with Crippen LogP contribution in [0.2, 0.25) is 0 Å². The van der Waals surface area contributed by atoms with Gasteiger partial charge in [-0.15, -0.1) is 0 Å². The Hall–Kier alpha value is -0.830. The van der Waals surface area contributed by atoms with E-state index in [4.69, 9.17) is 9.84 Å². The van der Waals surface area contributed by atoms with Crippen molar-refractivity contribution in [2.45, 2.75) is 39.2 Å². The van der Waals surface area contributed by atoms with E-state index >= 15 is 0 Å². The minimum absolute atomic E-state index is 0.171. The highest BCUT2D eigenvalue weighted by Crippen LogP contribution is 2.23. The summed E-state index contributed by atoms with van der Waals surface area (Å²) in [5.74, 6) is -0.772. The quantitative estimate of drug-likeness (QED) is 0.667. The minimum atomic E-state index is -0.772. The van der Waals surface area contributed by atoms with Crippen LogP contribution in [0.3, 0.4) is 0 Å². The molecule has 1 aliphatic rings. The highest BCUT2D eigenvalue weighted by Gasteiger charge is 2.19. The van der Waals surface area contributed by atoms with Gasteiger partial charge in [-0.3, -0.25) is 0 Å².